The van der Waals surface area contributed by atoms with Crippen molar-refractivity contribution in [2.45, 2.75) is 19.3 Å². The quantitative estimate of drug-likeness (QED) is 0.799. The van der Waals surface area contributed by atoms with E-state index in [0.29, 0.717) is 13.2 Å². The third-order valence-electron chi connectivity index (χ3n) is 4.30. The SMILES string of the molecule is COCC1(C(=O)NCCc2cccc(OC)c2)CCNCC1. The van der Waals surface area contributed by atoms with E-state index in [-0.39, 0.29) is 11.3 Å². The minimum Gasteiger partial charge on any atom is -0.497 e. The molecule has 1 fully saturated rings. The fourth-order valence-corrected chi connectivity index (χ4v) is 2.95. The number of rotatable bonds is 7. The van der Waals surface area contributed by atoms with Crippen molar-refractivity contribution in [2.24, 2.45) is 5.41 Å². The fourth-order valence-electron chi connectivity index (χ4n) is 2.95. The van der Waals surface area contributed by atoms with Crippen molar-refractivity contribution in [2.75, 3.05) is 40.5 Å². The van der Waals surface area contributed by atoms with Crippen molar-refractivity contribution >= 4 is 5.91 Å². The summed E-state index contributed by atoms with van der Waals surface area (Å²) >= 11 is 0. The van der Waals surface area contributed by atoms with Crippen LogP contribution in [0.25, 0.3) is 0 Å². The predicted molar refractivity (Wildman–Crippen MR) is 86.1 cm³/mol. The van der Waals surface area contributed by atoms with Gasteiger partial charge in [-0.05, 0) is 50.0 Å². The minimum absolute atomic E-state index is 0.110. The molecule has 0 unspecified atom stereocenters. The van der Waals surface area contributed by atoms with Gasteiger partial charge in [-0.2, -0.15) is 0 Å². The Bertz CT molecular complexity index is 479. The molecule has 2 rings (SSSR count). The van der Waals surface area contributed by atoms with E-state index in [4.69, 9.17) is 9.47 Å². The minimum atomic E-state index is -0.381. The zero-order valence-electron chi connectivity index (χ0n) is 13.5. The van der Waals surface area contributed by atoms with Crippen LogP contribution >= 0.6 is 0 Å². The molecule has 1 amide bonds. The van der Waals surface area contributed by atoms with E-state index >= 15 is 0 Å². The maximum absolute atomic E-state index is 12.6. The molecular formula is C17H26N2O3. The second-order valence-electron chi connectivity index (χ2n) is 5.82. The average molecular weight is 306 g/mol. The molecule has 5 heteroatoms. The van der Waals surface area contributed by atoms with Gasteiger partial charge in [-0.1, -0.05) is 12.1 Å². The number of methoxy groups -OCH3 is 2. The number of carbonyl (C=O) groups is 1. The van der Waals surface area contributed by atoms with Crippen LogP contribution in [0.4, 0.5) is 0 Å². The molecule has 0 atom stereocenters. The van der Waals surface area contributed by atoms with Gasteiger partial charge in [0.2, 0.25) is 5.91 Å². The molecular weight excluding hydrogens is 280 g/mol. The van der Waals surface area contributed by atoms with Crippen LogP contribution in [0.2, 0.25) is 0 Å². The predicted octanol–water partition coefficient (Wildman–Crippen LogP) is 1.37. The second kappa shape index (κ2) is 8.15. The van der Waals surface area contributed by atoms with Gasteiger partial charge >= 0.3 is 0 Å². The first-order valence-corrected chi connectivity index (χ1v) is 7.81. The summed E-state index contributed by atoms with van der Waals surface area (Å²) in [4.78, 5) is 12.6. The Hall–Kier alpha value is -1.59. The molecule has 1 aromatic carbocycles. The molecule has 1 aliphatic heterocycles. The summed E-state index contributed by atoms with van der Waals surface area (Å²) in [5.41, 5.74) is 0.778. The van der Waals surface area contributed by atoms with Crippen molar-refractivity contribution in [3.8, 4) is 5.75 Å². The van der Waals surface area contributed by atoms with Crippen LogP contribution in [0.5, 0.6) is 5.75 Å². The van der Waals surface area contributed by atoms with E-state index in [1.807, 2.05) is 24.3 Å². The van der Waals surface area contributed by atoms with Gasteiger partial charge in [-0.15, -0.1) is 0 Å². The van der Waals surface area contributed by atoms with Crippen LogP contribution < -0.4 is 15.4 Å². The van der Waals surface area contributed by atoms with Crippen molar-refractivity contribution < 1.29 is 14.3 Å². The number of piperidine rings is 1. The molecule has 0 spiro atoms. The van der Waals surface area contributed by atoms with E-state index in [1.165, 1.54) is 0 Å². The van der Waals surface area contributed by atoms with Gasteiger partial charge in [0.15, 0.2) is 0 Å². The van der Waals surface area contributed by atoms with Gasteiger partial charge in [0.05, 0.1) is 19.1 Å². The third-order valence-corrected chi connectivity index (χ3v) is 4.30. The molecule has 1 aliphatic rings. The second-order valence-corrected chi connectivity index (χ2v) is 5.82. The van der Waals surface area contributed by atoms with Gasteiger partial charge in [-0.25, -0.2) is 0 Å². The highest BCUT2D eigenvalue weighted by atomic mass is 16.5. The number of hydrogen-bond acceptors (Lipinski definition) is 4. The third kappa shape index (κ3) is 4.21. The van der Waals surface area contributed by atoms with Crippen LogP contribution in [-0.4, -0.2) is 46.4 Å². The van der Waals surface area contributed by atoms with Gasteiger partial charge in [0, 0.05) is 13.7 Å². The average Bonchev–Trinajstić information content (AvgIpc) is 2.56. The van der Waals surface area contributed by atoms with Gasteiger partial charge < -0.3 is 20.1 Å². The van der Waals surface area contributed by atoms with Gasteiger partial charge in [-0.3, -0.25) is 4.79 Å². The van der Waals surface area contributed by atoms with E-state index in [2.05, 4.69) is 10.6 Å². The molecule has 0 radical (unpaired) electrons. The Morgan fingerprint density at radius 2 is 2.09 bits per heavy atom. The first-order valence-electron chi connectivity index (χ1n) is 7.81. The summed E-state index contributed by atoms with van der Waals surface area (Å²) in [6, 6.07) is 7.94. The molecule has 22 heavy (non-hydrogen) atoms. The lowest BCUT2D eigenvalue weighted by atomic mass is 9.78. The number of hydrogen-bond donors (Lipinski definition) is 2. The maximum atomic E-state index is 12.6. The Labute approximate surface area is 132 Å². The van der Waals surface area contributed by atoms with Crippen molar-refractivity contribution in [3.63, 3.8) is 0 Å². The van der Waals surface area contributed by atoms with Crippen molar-refractivity contribution in [3.05, 3.63) is 29.8 Å². The Morgan fingerprint density at radius 3 is 2.77 bits per heavy atom. The Balaban J connectivity index is 1.87. The van der Waals surface area contributed by atoms with Crippen LogP contribution in [0.1, 0.15) is 18.4 Å². The number of benzene rings is 1. The highest BCUT2D eigenvalue weighted by Crippen LogP contribution is 2.29. The molecule has 0 aliphatic carbocycles. The smallest absolute Gasteiger partial charge is 0.228 e. The lowest BCUT2D eigenvalue weighted by Gasteiger charge is -2.35. The first-order chi connectivity index (χ1) is 10.7. The normalized spacial score (nSPS) is 17.0. The lowest BCUT2D eigenvalue weighted by molar-refractivity contribution is -0.136. The van der Waals surface area contributed by atoms with E-state index < -0.39 is 0 Å². The molecule has 0 aromatic heterocycles. The number of nitrogens with one attached hydrogen (secondary N) is 2. The van der Waals surface area contributed by atoms with E-state index in [9.17, 15) is 4.79 Å². The number of carbonyl (C=O) groups excluding carboxylic acids is 1. The molecule has 1 saturated heterocycles. The molecule has 2 N–H and O–H groups in total. The highest BCUT2D eigenvalue weighted by molar-refractivity contribution is 5.83. The van der Waals surface area contributed by atoms with Crippen LogP contribution in [-0.2, 0) is 16.0 Å². The number of ether oxygens (including phenoxy) is 2. The Kier molecular flexibility index (Phi) is 6.21. The summed E-state index contributed by atoms with van der Waals surface area (Å²) in [6.45, 7) is 2.85. The first kappa shape index (κ1) is 16.8. The zero-order chi connectivity index (χ0) is 15.8. The summed E-state index contributed by atoms with van der Waals surface area (Å²) < 4.78 is 10.5. The van der Waals surface area contributed by atoms with Crippen LogP contribution in [0, 0.1) is 5.41 Å². The van der Waals surface area contributed by atoms with Crippen molar-refractivity contribution in [1.82, 2.24) is 10.6 Å². The molecule has 0 bridgehead atoms. The molecule has 0 saturated carbocycles. The fraction of sp³-hybridized carbons (Fsp3) is 0.588. The standard InChI is InChI=1S/C17H26N2O3/c1-21-13-17(7-10-18-11-8-17)16(20)19-9-6-14-4-3-5-15(12-14)22-2/h3-5,12,18H,6-11,13H2,1-2H3,(H,19,20). The van der Waals surface area contributed by atoms with Crippen LogP contribution in [0.3, 0.4) is 0 Å². The zero-order valence-corrected chi connectivity index (χ0v) is 13.5. The van der Waals surface area contributed by atoms with Crippen molar-refractivity contribution in [1.29, 1.82) is 0 Å². The molecule has 1 heterocycles. The largest absolute Gasteiger partial charge is 0.497 e. The number of amides is 1. The summed E-state index contributed by atoms with van der Waals surface area (Å²) in [5.74, 6) is 0.955. The van der Waals surface area contributed by atoms with Crippen LogP contribution in [0.15, 0.2) is 24.3 Å². The Morgan fingerprint density at radius 1 is 1.32 bits per heavy atom. The van der Waals surface area contributed by atoms with E-state index in [1.54, 1.807) is 14.2 Å². The summed E-state index contributed by atoms with van der Waals surface area (Å²) in [6.07, 6.45) is 2.45. The van der Waals surface area contributed by atoms with Gasteiger partial charge in [0.25, 0.3) is 0 Å². The molecule has 1 aromatic rings. The monoisotopic (exact) mass is 306 g/mol. The summed E-state index contributed by atoms with van der Waals surface area (Å²) in [7, 11) is 3.32. The highest BCUT2D eigenvalue weighted by Gasteiger charge is 2.39. The van der Waals surface area contributed by atoms with Gasteiger partial charge in [0.1, 0.15) is 5.75 Å². The molecule has 5 nitrogen and oxygen atoms in total. The lowest BCUT2D eigenvalue weighted by Crippen LogP contribution is -2.50. The van der Waals surface area contributed by atoms with E-state index in [0.717, 1.165) is 43.7 Å². The molecule has 122 valence electrons. The summed E-state index contributed by atoms with van der Waals surface area (Å²) in [5, 5.41) is 6.37. The maximum Gasteiger partial charge on any atom is 0.228 e. The topological polar surface area (TPSA) is 59.6 Å².